The second-order valence-electron chi connectivity index (χ2n) is 4.62. The number of sulfonamides is 1. The Morgan fingerprint density at radius 3 is 2.63 bits per heavy atom. The third-order valence-electron chi connectivity index (χ3n) is 3.22. The summed E-state index contributed by atoms with van der Waals surface area (Å²) >= 11 is 0. The molecular formula is C13H23N3O2S. The molecule has 1 unspecified atom stereocenters. The van der Waals surface area contributed by atoms with Gasteiger partial charge in [-0.2, -0.15) is 4.31 Å². The largest absolute Gasteiger partial charge is 0.325 e. The van der Waals surface area contributed by atoms with E-state index in [1.165, 1.54) is 4.31 Å². The number of pyridine rings is 1. The van der Waals surface area contributed by atoms with Crippen LogP contribution < -0.4 is 5.73 Å². The third kappa shape index (κ3) is 3.75. The quantitative estimate of drug-likeness (QED) is 0.825. The summed E-state index contributed by atoms with van der Waals surface area (Å²) in [5.74, 6) is 0.327. The third-order valence-corrected chi connectivity index (χ3v) is 5.24. The Balaban J connectivity index is 3.13. The average Bonchev–Trinajstić information content (AvgIpc) is 2.43. The molecule has 6 heteroatoms. The summed E-state index contributed by atoms with van der Waals surface area (Å²) in [6.45, 7) is 7.04. The molecule has 0 aliphatic heterocycles. The number of hydrogen-bond acceptors (Lipinski definition) is 4. The van der Waals surface area contributed by atoms with Gasteiger partial charge in [0.2, 0.25) is 10.0 Å². The predicted octanol–water partition coefficient (Wildman–Crippen LogP) is 1.60. The topological polar surface area (TPSA) is 76.3 Å². The standard InChI is InChI=1S/C13H23N3O2S/c1-4-11(3)10-16(5-2)19(17,18)13-7-6-8-15-12(13)9-14/h6-8,11H,4-5,9-10,14H2,1-3H3. The number of hydrogen-bond donors (Lipinski definition) is 1. The summed E-state index contributed by atoms with van der Waals surface area (Å²) in [7, 11) is -3.51. The molecule has 0 saturated carbocycles. The van der Waals surface area contributed by atoms with Crippen LogP contribution >= 0.6 is 0 Å². The molecule has 0 spiro atoms. The summed E-state index contributed by atoms with van der Waals surface area (Å²) in [6.07, 6.45) is 2.51. The van der Waals surface area contributed by atoms with Crippen molar-refractivity contribution in [3.63, 3.8) is 0 Å². The van der Waals surface area contributed by atoms with Gasteiger partial charge in [-0.15, -0.1) is 0 Å². The van der Waals surface area contributed by atoms with Crippen LogP contribution in [0.3, 0.4) is 0 Å². The van der Waals surface area contributed by atoms with Gasteiger partial charge in [-0.05, 0) is 18.1 Å². The smallest absolute Gasteiger partial charge is 0.244 e. The fourth-order valence-corrected chi connectivity index (χ4v) is 3.58. The van der Waals surface area contributed by atoms with Crippen molar-refractivity contribution in [1.29, 1.82) is 0 Å². The fraction of sp³-hybridized carbons (Fsp3) is 0.615. The first kappa shape index (κ1) is 16.1. The Kier molecular flexibility index (Phi) is 5.90. The van der Waals surface area contributed by atoms with Gasteiger partial charge in [-0.1, -0.05) is 27.2 Å². The highest BCUT2D eigenvalue weighted by molar-refractivity contribution is 7.89. The van der Waals surface area contributed by atoms with Gasteiger partial charge in [0.1, 0.15) is 4.90 Å². The normalized spacial score (nSPS) is 13.7. The molecule has 1 aromatic heterocycles. The monoisotopic (exact) mass is 285 g/mol. The van der Waals surface area contributed by atoms with Gasteiger partial charge in [-0.3, -0.25) is 4.98 Å². The summed E-state index contributed by atoms with van der Waals surface area (Å²) in [5.41, 5.74) is 5.99. The van der Waals surface area contributed by atoms with E-state index in [0.717, 1.165) is 6.42 Å². The molecule has 0 aromatic carbocycles. The molecule has 0 saturated heterocycles. The Morgan fingerprint density at radius 2 is 2.11 bits per heavy atom. The van der Waals surface area contributed by atoms with Crippen LogP contribution in [0.5, 0.6) is 0 Å². The molecule has 0 bridgehead atoms. The van der Waals surface area contributed by atoms with E-state index in [4.69, 9.17) is 5.73 Å². The van der Waals surface area contributed by atoms with E-state index in [-0.39, 0.29) is 11.4 Å². The van der Waals surface area contributed by atoms with Crippen LogP contribution in [-0.2, 0) is 16.6 Å². The zero-order valence-corrected chi connectivity index (χ0v) is 12.7. The minimum atomic E-state index is -3.51. The molecule has 0 aliphatic carbocycles. The van der Waals surface area contributed by atoms with Crippen LogP contribution in [0.2, 0.25) is 0 Å². The second-order valence-corrected chi connectivity index (χ2v) is 6.53. The predicted molar refractivity (Wildman–Crippen MR) is 76.0 cm³/mol. The molecule has 1 heterocycles. The van der Waals surface area contributed by atoms with E-state index >= 15 is 0 Å². The van der Waals surface area contributed by atoms with Crippen LogP contribution in [-0.4, -0.2) is 30.8 Å². The van der Waals surface area contributed by atoms with Crippen molar-refractivity contribution in [1.82, 2.24) is 9.29 Å². The van der Waals surface area contributed by atoms with Crippen LogP contribution in [0.1, 0.15) is 32.9 Å². The maximum absolute atomic E-state index is 12.6. The van der Waals surface area contributed by atoms with Gasteiger partial charge < -0.3 is 5.73 Å². The molecule has 0 aliphatic rings. The lowest BCUT2D eigenvalue weighted by molar-refractivity contribution is 0.361. The van der Waals surface area contributed by atoms with Gasteiger partial charge in [-0.25, -0.2) is 8.42 Å². The van der Waals surface area contributed by atoms with Crippen LogP contribution in [0.25, 0.3) is 0 Å². The van der Waals surface area contributed by atoms with Gasteiger partial charge in [0.05, 0.1) is 5.69 Å². The Morgan fingerprint density at radius 1 is 1.42 bits per heavy atom. The number of nitrogens with zero attached hydrogens (tertiary/aromatic N) is 2. The van der Waals surface area contributed by atoms with Crippen molar-refractivity contribution in [2.45, 2.75) is 38.6 Å². The summed E-state index contributed by atoms with van der Waals surface area (Å²) in [4.78, 5) is 4.27. The van der Waals surface area contributed by atoms with Crippen molar-refractivity contribution in [2.24, 2.45) is 11.7 Å². The molecule has 0 fully saturated rings. The van der Waals surface area contributed by atoms with Crippen LogP contribution in [0.15, 0.2) is 23.2 Å². The van der Waals surface area contributed by atoms with Crippen molar-refractivity contribution in [2.75, 3.05) is 13.1 Å². The molecule has 0 radical (unpaired) electrons. The lowest BCUT2D eigenvalue weighted by Gasteiger charge is -2.24. The molecule has 19 heavy (non-hydrogen) atoms. The maximum atomic E-state index is 12.6. The molecule has 2 N–H and O–H groups in total. The van der Waals surface area contributed by atoms with Gasteiger partial charge >= 0.3 is 0 Å². The molecule has 0 amide bonds. The van der Waals surface area contributed by atoms with Crippen molar-refractivity contribution < 1.29 is 8.42 Å². The zero-order valence-electron chi connectivity index (χ0n) is 11.8. The van der Waals surface area contributed by atoms with E-state index in [2.05, 4.69) is 11.9 Å². The molecule has 1 atom stereocenters. The Bertz CT molecular complexity index is 502. The minimum Gasteiger partial charge on any atom is -0.325 e. The number of nitrogens with two attached hydrogens (primary N) is 1. The average molecular weight is 285 g/mol. The molecule has 1 aromatic rings. The van der Waals surface area contributed by atoms with Crippen molar-refractivity contribution >= 4 is 10.0 Å². The SMILES string of the molecule is CCC(C)CN(CC)S(=O)(=O)c1cccnc1CN. The zero-order chi connectivity index (χ0) is 14.5. The first-order valence-electron chi connectivity index (χ1n) is 6.61. The Labute approximate surface area is 115 Å². The highest BCUT2D eigenvalue weighted by Crippen LogP contribution is 2.20. The van der Waals surface area contributed by atoms with Gasteiger partial charge in [0.15, 0.2) is 0 Å². The van der Waals surface area contributed by atoms with E-state index in [9.17, 15) is 8.42 Å². The van der Waals surface area contributed by atoms with Gasteiger partial charge in [0, 0.05) is 25.8 Å². The maximum Gasteiger partial charge on any atom is 0.244 e. The highest BCUT2D eigenvalue weighted by atomic mass is 32.2. The Hall–Kier alpha value is -0.980. The molecule has 5 nitrogen and oxygen atoms in total. The summed E-state index contributed by atoms with van der Waals surface area (Å²) in [5, 5.41) is 0. The first-order chi connectivity index (χ1) is 8.97. The highest BCUT2D eigenvalue weighted by Gasteiger charge is 2.26. The first-order valence-corrected chi connectivity index (χ1v) is 8.05. The van der Waals surface area contributed by atoms with E-state index < -0.39 is 10.0 Å². The van der Waals surface area contributed by atoms with Crippen molar-refractivity contribution in [3.8, 4) is 0 Å². The molecule has 108 valence electrons. The number of aromatic nitrogens is 1. The van der Waals surface area contributed by atoms with E-state index in [0.29, 0.717) is 24.7 Å². The number of rotatable bonds is 7. The van der Waals surface area contributed by atoms with Crippen LogP contribution in [0.4, 0.5) is 0 Å². The van der Waals surface area contributed by atoms with Gasteiger partial charge in [0.25, 0.3) is 0 Å². The van der Waals surface area contributed by atoms with E-state index in [1.807, 2.05) is 13.8 Å². The fourth-order valence-electron chi connectivity index (χ4n) is 1.82. The van der Waals surface area contributed by atoms with E-state index in [1.54, 1.807) is 18.3 Å². The minimum absolute atomic E-state index is 0.121. The summed E-state index contributed by atoms with van der Waals surface area (Å²) < 4.78 is 26.7. The summed E-state index contributed by atoms with van der Waals surface area (Å²) in [6, 6.07) is 3.20. The lowest BCUT2D eigenvalue weighted by Crippen LogP contribution is -2.35. The second kappa shape index (κ2) is 6.98. The molecule has 1 rings (SSSR count). The van der Waals surface area contributed by atoms with Crippen LogP contribution in [0, 0.1) is 5.92 Å². The van der Waals surface area contributed by atoms with Crippen molar-refractivity contribution in [3.05, 3.63) is 24.0 Å². The molecular weight excluding hydrogens is 262 g/mol. The lowest BCUT2D eigenvalue weighted by atomic mass is 10.1.